The van der Waals surface area contributed by atoms with Gasteiger partial charge in [0.05, 0.1) is 0 Å². The van der Waals surface area contributed by atoms with Gasteiger partial charge < -0.3 is 29.4 Å². The second-order valence-corrected chi connectivity index (χ2v) is 41.4. The molecule has 0 atom stereocenters. The quantitative estimate of drug-likeness (QED) is 0.0892. The molecule has 0 fully saturated rings. The van der Waals surface area contributed by atoms with Gasteiger partial charge in [0.1, 0.15) is 0 Å². The number of aryl methyl sites for hydroxylation is 1. The van der Waals surface area contributed by atoms with Gasteiger partial charge in [-0.2, -0.15) is 0 Å². The van der Waals surface area contributed by atoms with Crippen LogP contribution in [0.3, 0.4) is 0 Å². The fraction of sp³-hybridized carbons (Fsp3) is 0.0935. The van der Waals surface area contributed by atoms with Crippen molar-refractivity contribution < 1.29 is 0 Å². The Bertz CT molecular complexity index is 8570. The van der Waals surface area contributed by atoms with E-state index in [0.29, 0.717) is 23.7 Å². The minimum absolute atomic E-state index is 0.0754. The molecule has 6 heterocycles. The first-order valence-electron chi connectivity index (χ1n) is 52.5. The Kier molecular flexibility index (Phi) is 24.0. The number of nitrogens with zero attached hydrogens (tertiary/aromatic N) is 6. The predicted molar refractivity (Wildman–Crippen MR) is 635 cm³/mol. The first-order chi connectivity index (χ1) is 72.7. The molecule has 21 aromatic rings. The van der Waals surface area contributed by atoms with Crippen molar-refractivity contribution in [2.75, 3.05) is 29.4 Å². The van der Waals surface area contributed by atoms with Crippen LogP contribution in [-0.4, -0.2) is 20.1 Å². The third-order valence-electron chi connectivity index (χ3n) is 31.2. The summed E-state index contributed by atoms with van der Waals surface area (Å²) in [6.07, 6.45) is 0. The average molecular weight is 1900 g/mol. The molecule has 0 saturated heterocycles. The topological polar surface area (TPSA) is 19.4 Å². The Hall–Kier alpha value is -17.4. The number of hydrogen-bond donors (Lipinski definition) is 0. The van der Waals surface area contributed by atoms with E-state index in [4.69, 9.17) is 0 Å². The molecule has 9 heteroatoms. The summed E-state index contributed by atoms with van der Waals surface area (Å²) in [5.74, 6) is 1.98. The summed E-state index contributed by atoms with van der Waals surface area (Å²) in [5, 5.41) is 0. The Morgan fingerprint density at radius 3 is 0.615 bits per heavy atom. The smallest absolute Gasteiger partial charge is 0.252 e. The highest BCUT2D eigenvalue weighted by Crippen LogP contribution is 2.51. The number of hydrogen-bond acceptors (Lipinski definition) is 6. The molecule has 0 unspecified atom stereocenters. The lowest BCUT2D eigenvalue weighted by atomic mass is 9.33. The molecule has 148 heavy (non-hydrogen) atoms. The maximum atomic E-state index is 2.51. The lowest BCUT2D eigenvalue weighted by Gasteiger charge is -2.44. The lowest BCUT2D eigenvalue weighted by Crippen LogP contribution is -2.61. The normalized spacial score (nSPS) is 12.9. The van der Waals surface area contributed by atoms with Crippen molar-refractivity contribution in [3.63, 3.8) is 0 Å². The van der Waals surface area contributed by atoms with E-state index < -0.39 is 0 Å². The molecule has 21 aromatic carbocycles. The Balaban J connectivity index is 0.000000116. The third-order valence-corrected chi connectivity index (χ3v) is 31.2. The van der Waals surface area contributed by atoms with E-state index >= 15 is 0 Å². The molecule has 0 amide bonds. The fourth-order valence-electron chi connectivity index (χ4n) is 23.7. The van der Waals surface area contributed by atoms with Gasteiger partial charge in [-0.05, 0) is 314 Å². The Morgan fingerprint density at radius 2 is 0.331 bits per heavy atom. The maximum Gasteiger partial charge on any atom is 0.252 e. The summed E-state index contributed by atoms with van der Waals surface area (Å²) in [6.45, 7) is 20.5. The van der Waals surface area contributed by atoms with Crippen LogP contribution in [0.2, 0.25) is 0 Å². The highest BCUT2D eigenvalue weighted by molar-refractivity contribution is 7.02. The number of rotatable bonds is 16. The van der Waals surface area contributed by atoms with Crippen LogP contribution in [0.5, 0.6) is 0 Å². The van der Waals surface area contributed by atoms with Crippen LogP contribution in [0.4, 0.5) is 102 Å². The van der Waals surface area contributed by atoms with Gasteiger partial charge in [0.15, 0.2) is 0 Å². The molecule has 6 nitrogen and oxygen atoms in total. The first kappa shape index (κ1) is 91.8. The second-order valence-electron chi connectivity index (χ2n) is 41.4. The molecular formula is C139H113B3N6. The molecule has 27 rings (SSSR count). The van der Waals surface area contributed by atoms with E-state index in [9.17, 15) is 0 Å². The van der Waals surface area contributed by atoms with Crippen LogP contribution in [0.1, 0.15) is 107 Å². The maximum absolute atomic E-state index is 2.51. The van der Waals surface area contributed by atoms with E-state index in [-0.39, 0.29) is 20.1 Å². The molecule has 0 bridgehead atoms. The zero-order valence-corrected chi connectivity index (χ0v) is 85.1. The molecule has 0 N–H and O–H groups in total. The van der Waals surface area contributed by atoms with E-state index in [1.54, 1.807) is 0 Å². The fourth-order valence-corrected chi connectivity index (χ4v) is 23.7. The molecule has 0 saturated carbocycles. The zero-order valence-electron chi connectivity index (χ0n) is 85.1. The van der Waals surface area contributed by atoms with Gasteiger partial charge in [0, 0.05) is 102 Å². The monoisotopic (exact) mass is 1900 g/mol. The van der Waals surface area contributed by atoms with Gasteiger partial charge >= 0.3 is 0 Å². The number of benzene rings is 21. The van der Waals surface area contributed by atoms with Crippen LogP contribution in [0, 0.1) is 6.92 Å². The van der Waals surface area contributed by atoms with Crippen molar-refractivity contribution in [1.29, 1.82) is 0 Å². The van der Waals surface area contributed by atoms with E-state index in [1.165, 1.54) is 229 Å². The molecule has 708 valence electrons. The largest absolute Gasteiger partial charge is 0.311 e. The SMILES string of the molecule is CC(C)c1ccc(-c2ccc3c(c2)B2c4ccccc4N(c4ccccc4)c4cccc(c42)N3c2cccc(-c3ccccc3)c2)cc1.CC(C)c1ccc(-c2cccc(N3c4ccc(-c5ccc(C(C)C)cc5)cc4B4c5ccccc5N(c5ccc(C(C)C)cc5)c5cccc3c54)c2)cc1.Cc1ccc(-c2ccc3c(c2)B2c4ccccc4N(c4ccccc4)c4cccc(c42)N3c2cccc(-c3ccccc3)c2)cc1. The number of anilines is 18. The minimum atomic E-state index is 0.0754. The van der Waals surface area contributed by atoms with Crippen LogP contribution in [0.25, 0.3) is 66.8 Å². The summed E-state index contributed by atoms with van der Waals surface area (Å²) in [4.78, 5) is 14.9. The van der Waals surface area contributed by atoms with Gasteiger partial charge in [-0.1, -0.05) is 413 Å². The van der Waals surface area contributed by atoms with E-state index in [1.807, 2.05) is 0 Å². The second kappa shape index (κ2) is 38.6. The van der Waals surface area contributed by atoms with Gasteiger partial charge in [-0.25, -0.2) is 0 Å². The number of fused-ring (bicyclic) bond motifs is 12. The summed E-state index contributed by atoms with van der Waals surface area (Å²) >= 11 is 0. The van der Waals surface area contributed by atoms with Crippen molar-refractivity contribution in [3.8, 4) is 66.8 Å². The highest BCUT2D eigenvalue weighted by Gasteiger charge is 2.48. The van der Waals surface area contributed by atoms with Gasteiger partial charge in [0.2, 0.25) is 0 Å². The highest BCUT2D eigenvalue weighted by atomic mass is 15.2. The van der Waals surface area contributed by atoms with Crippen molar-refractivity contribution in [1.82, 2.24) is 0 Å². The van der Waals surface area contributed by atoms with Crippen LogP contribution in [-0.2, 0) is 0 Å². The lowest BCUT2D eigenvalue weighted by molar-refractivity contribution is 0.866. The van der Waals surface area contributed by atoms with Crippen LogP contribution in [0.15, 0.2) is 497 Å². The van der Waals surface area contributed by atoms with E-state index in [2.05, 4.69) is 589 Å². The minimum Gasteiger partial charge on any atom is -0.311 e. The van der Waals surface area contributed by atoms with Crippen LogP contribution >= 0.6 is 0 Å². The summed E-state index contributed by atoms with van der Waals surface area (Å²) in [7, 11) is 0. The van der Waals surface area contributed by atoms with E-state index in [0.717, 1.165) is 17.1 Å². The van der Waals surface area contributed by atoms with Crippen LogP contribution < -0.4 is 78.6 Å². The summed E-state index contributed by atoms with van der Waals surface area (Å²) < 4.78 is 0. The van der Waals surface area contributed by atoms with Gasteiger partial charge in [-0.3, -0.25) is 0 Å². The predicted octanol–water partition coefficient (Wildman–Crippen LogP) is 32.1. The molecule has 6 aliphatic rings. The van der Waals surface area contributed by atoms with Gasteiger partial charge in [-0.15, -0.1) is 0 Å². The molecule has 0 radical (unpaired) electrons. The van der Waals surface area contributed by atoms with Gasteiger partial charge in [0.25, 0.3) is 20.1 Å². The third kappa shape index (κ3) is 16.5. The van der Waals surface area contributed by atoms with Crippen molar-refractivity contribution in [2.24, 2.45) is 0 Å². The van der Waals surface area contributed by atoms with Crippen molar-refractivity contribution >= 4 is 172 Å². The number of para-hydroxylation sites is 5. The Morgan fingerprint density at radius 1 is 0.142 bits per heavy atom. The van der Waals surface area contributed by atoms with Crippen molar-refractivity contribution in [2.45, 2.75) is 86.0 Å². The molecule has 0 aromatic heterocycles. The molecular weight excluding hydrogens is 1790 g/mol. The van der Waals surface area contributed by atoms with Crippen molar-refractivity contribution in [3.05, 3.63) is 525 Å². The molecule has 6 aliphatic heterocycles. The standard InChI is InChI=1S/C51H47BN2.C45H35BN2.C43H31BN2/c1-33(2)36-17-21-39(22-18-36)41-11-9-12-44(31-41)54-48-30-27-42(40-23-19-37(20-24-40)34(3)4)32-46(48)52-45-13-7-8-14-47(45)53(49-15-10-16-50(54)51(49)52)43-28-25-38(26-29-43)35(5)6;1-31(2)32-23-25-34(26-24-32)36-27-28-42-40(30-36)46-39-19-9-10-20-41(39)47(37-16-7-4-8-17-37)43-21-12-22-44(45(43)46)48(42)38-18-11-15-35(29-38)33-13-5-3-6-14-33;1-30-22-24-32(25-23-30)34-26-27-40-38(29-34)44-37-18-8-9-19-39(37)45(35-15-6-3-7-16-35)41-20-11-21-42(43(41)44)46(40)36-17-10-14-33(28-36)31-12-4-2-5-13-31/h7-35H,1-6H3;3-31H,1-2H3;2-29H,1H3. The molecule has 0 aliphatic carbocycles. The first-order valence-corrected chi connectivity index (χ1v) is 52.5. The zero-order chi connectivity index (χ0) is 99.9. The molecule has 0 spiro atoms. The Labute approximate surface area is 872 Å². The summed E-state index contributed by atoms with van der Waals surface area (Å²) in [6, 6.07) is 184. The summed E-state index contributed by atoms with van der Waals surface area (Å²) in [5.41, 5.74) is 55.1. The average Bonchev–Trinajstić information content (AvgIpc) is 0.706.